The second-order valence-corrected chi connectivity index (χ2v) is 6.53. The first kappa shape index (κ1) is 15.9. The Morgan fingerprint density at radius 2 is 2.32 bits per heavy atom. The highest BCUT2D eigenvalue weighted by molar-refractivity contribution is 6.02. The molecule has 4 heterocycles. The average Bonchev–Trinajstić information content (AvgIpc) is 3.32. The summed E-state index contributed by atoms with van der Waals surface area (Å²) < 4.78 is 9.58. The maximum atomic E-state index is 12.7. The minimum Gasteiger partial charge on any atom is -0.376 e. The Morgan fingerprint density at radius 1 is 1.44 bits per heavy atom. The lowest BCUT2D eigenvalue weighted by Gasteiger charge is -2.10. The number of fused-ring (bicyclic) bond motifs is 1. The Kier molecular flexibility index (Phi) is 4.05. The quantitative estimate of drug-likeness (QED) is 0.795. The first-order valence-electron chi connectivity index (χ1n) is 8.63. The summed E-state index contributed by atoms with van der Waals surface area (Å²) in [6, 6.07) is 7.78. The molecule has 1 N–H and O–H groups in total. The van der Waals surface area contributed by atoms with Gasteiger partial charge < -0.3 is 19.0 Å². The molecule has 25 heavy (non-hydrogen) atoms. The zero-order valence-corrected chi connectivity index (χ0v) is 14.5. The third-order valence-electron chi connectivity index (χ3n) is 4.81. The smallest absolute Gasteiger partial charge is 0.253 e. The van der Waals surface area contributed by atoms with Crippen molar-refractivity contribution in [1.82, 2.24) is 19.3 Å². The first-order valence-corrected chi connectivity index (χ1v) is 8.63. The van der Waals surface area contributed by atoms with Crippen molar-refractivity contribution in [2.24, 2.45) is 7.05 Å². The molecule has 0 aliphatic carbocycles. The summed E-state index contributed by atoms with van der Waals surface area (Å²) in [6.07, 6.45) is 6.16. The molecule has 1 amide bonds. The van der Waals surface area contributed by atoms with Gasteiger partial charge in [0.2, 0.25) is 0 Å². The fourth-order valence-corrected chi connectivity index (χ4v) is 3.32. The largest absolute Gasteiger partial charge is 0.376 e. The normalized spacial score (nSPS) is 17.3. The Morgan fingerprint density at radius 3 is 3.04 bits per heavy atom. The van der Waals surface area contributed by atoms with E-state index in [1.807, 2.05) is 59.6 Å². The number of aryl methyl sites for hydroxylation is 2. The number of hydrogen-bond donors (Lipinski definition) is 1. The molecule has 0 spiro atoms. The van der Waals surface area contributed by atoms with Gasteiger partial charge in [0, 0.05) is 32.6 Å². The second kappa shape index (κ2) is 6.37. The number of nitrogens with one attached hydrogen (secondary N) is 1. The van der Waals surface area contributed by atoms with Crippen molar-refractivity contribution < 1.29 is 9.53 Å². The zero-order chi connectivity index (χ0) is 17.4. The standard InChI is InChI=1S/C19H22N4O2/c1-13-21-16(12-22(13)2)18-10-15(17-7-3-4-8-23(17)18)19(24)20-11-14-6-5-9-25-14/h3-4,7-8,10,12,14H,5-6,9,11H2,1-2H3,(H,20,24). The molecule has 130 valence electrons. The van der Waals surface area contributed by atoms with Crippen molar-refractivity contribution in [3.05, 3.63) is 48.0 Å². The van der Waals surface area contributed by atoms with Gasteiger partial charge in [-0.2, -0.15) is 0 Å². The van der Waals surface area contributed by atoms with Gasteiger partial charge >= 0.3 is 0 Å². The van der Waals surface area contributed by atoms with Crippen LogP contribution in [0.15, 0.2) is 36.7 Å². The molecule has 0 radical (unpaired) electrons. The van der Waals surface area contributed by atoms with Crippen LogP contribution in [0.3, 0.4) is 0 Å². The maximum Gasteiger partial charge on any atom is 0.253 e. The molecule has 3 aromatic rings. The molecule has 1 fully saturated rings. The number of amides is 1. The number of nitrogens with zero attached hydrogens (tertiary/aromatic N) is 3. The van der Waals surface area contributed by atoms with E-state index in [9.17, 15) is 4.79 Å². The lowest BCUT2D eigenvalue weighted by atomic mass is 10.2. The van der Waals surface area contributed by atoms with E-state index in [0.29, 0.717) is 12.1 Å². The van der Waals surface area contributed by atoms with Crippen LogP contribution < -0.4 is 5.32 Å². The number of pyridine rings is 1. The third kappa shape index (κ3) is 2.93. The van der Waals surface area contributed by atoms with E-state index in [-0.39, 0.29) is 12.0 Å². The van der Waals surface area contributed by atoms with Crippen LogP contribution in [0.25, 0.3) is 16.9 Å². The molecule has 0 bridgehead atoms. The predicted molar refractivity (Wildman–Crippen MR) is 95.6 cm³/mol. The first-order chi connectivity index (χ1) is 12.1. The highest BCUT2D eigenvalue weighted by atomic mass is 16.5. The summed E-state index contributed by atoms with van der Waals surface area (Å²) in [5.41, 5.74) is 3.32. The molecule has 1 saturated heterocycles. The number of imidazole rings is 1. The highest BCUT2D eigenvalue weighted by Gasteiger charge is 2.20. The predicted octanol–water partition coefficient (Wildman–Crippen LogP) is 2.56. The summed E-state index contributed by atoms with van der Waals surface area (Å²) in [6.45, 7) is 3.31. The summed E-state index contributed by atoms with van der Waals surface area (Å²) >= 11 is 0. The van der Waals surface area contributed by atoms with E-state index < -0.39 is 0 Å². The van der Waals surface area contributed by atoms with Crippen molar-refractivity contribution in [2.75, 3.05) is 13.2 Å². The molecule has 0 saturated carbocycles. The number of carbonyl (C=O) groups is 1. The van der Waals surface area contributed by atoms with Gasteiger partial charge in [-0.3, -0.25) is 4.79 Å². The van der Waals surface area contributed by atoms with Crippen LogP contribution in [0.2, 0.25) is 0 Å². The number of aromatic nitrogens is 3. The fourth-order valence-electron chi connectivity index (χ4n) is 3.32. The maximum absolute atomic E-state index is 12.7. The lowest BCUT2D eigenvalue weighted by Crippen LogP contribution is -2.31. The summed E-state index contributed by atoms with van der Waals surface area (Å²) in [5.74, 6) is 0.864. The summed E-state index contributed by atoms with van der Waals surface area (Å²) in [5, 5.41) is 3.01. The van der Waals surface area contributed by atoms with Gasteiger partial charge in [-0.25, -0.2) is 4.98 Å². The van der Waals surface area contributed by atoms with E-state index in [0.717, 1.165) is 42.2 Å². The summed E-state index contributed by atoms with van der Waals surface area (Å²) in [4.78, 5) is 17.3. The van der Waals surface area contributed by atoms with Gasteiger partial charge in [-0.05, 0) is 38.0 Å². The molecule has 1 aliphatic heterocycles. The Balaban J connectivity index is 1.68. The Labute approximate surface area is 146 Å². The van der Waals surface area contributed by atoms with Crippen LogP contribution in [0.1, 0.15) is 29.0 Å². The monoisotopic (exact) mass is 338 g/mol. The summed E-state index contributed by atoms with van der Waals surface area (Å²) in [7, 11) is 1.97. The van der Waals surface area contributed by atoms with Crippen LogP contribution >= 0.6 is 0 Å². The van der Waals surface area contributed by atoms with Crippen molar-refractivity contribution in [3.8, 4) is 11.4 Å². The molecule has 6 nitrogen and oxygen atoms in total. The van der Waals surface area contributed by atoms with Crippen LogP contribution in [0, 0.1) is 6.92 Å². The third-order valence-corrected chi connectivity index (χ3v) is 4.81. The highest BCUT2D eigenvalue weighted by Crippen LogP contribution is 2.25. The van der Waals surface area contributed by atoms with E-state index in [1.165, 1.54) is 0 Å². The van der Waals surface area contributed by atoms with Crippen LogP contribution in [-0.4, -0.2) is 39.1 Å². The molecule has 3 aromatic heterocycles. The molecule has 1 unspecified atom stereocenters. The number of ether oxygens (including phenoxy) is 1. The Hall–Kier alpha value is -2.60. The van der Waals surface area contributed by atoms with Gasteiger partial charge in [-0.1, -0.05) is 6.07 Å². The average molecular weight is 338 g/mol. The van der Waals surface area contributed by atoms with Crippen molar-refractivity contribution in [1.29, 1.82) is 0 Å². The van der Waals surface area contributed by atoms with Crippen molar-refractivity contribution >= 4 is 11.4 Å². The van der Waals surface area contributed by atoms with Gasteiger partial charge in [0.05, 0.1) is 22.9 Å². The van der Waals surface area contributed by atoms with E-state index in [1.54, 1.807) is 0 Å². The van der Waals surface area contributed by atoms with Crippen LogP contribution in [0.5, 0.6) is 0 Å². The minimum atomic E-state index is -0.0712. The zero-order valence-electron chi connectivity index (χ0n) is 14.5. The molecule has 6 heteroatoms. The fraction of sp³-hybridized carbons (Fsp3) is 0.368. The number of hydrogen-bond acceptors (Lipinski definition) is 3. The molecule has 1 aliphatic rings. The minimum absolute atomic E-state index is 0.0712. The van der Waals surface area contributed by atoms with E-state index in [4.69, 9.17) is 4.74 Å². The molecular weight excluding hydrogens is 316 g/mol. The van der Waals surface area contributed by atoms with Gasteiger partial charge in [0.25, 0.3) is 5.91 Å². The van der Waals surface area contributed by atoms with Gasteiger partial charge in [0.1, 0.15) is 11.5 Å². The van der Waals surface area contributed by atoms with E-state index in [2.05, 4.69) is 10.3 Å². The second-order valence-electron chi connectivity index (χ2n) is 6.53. The number of rotatable bonds is 4. The molecule has 4 rings (SSSR count). The molecule has 0 aromatic carbocycles. The number of carbonyl (C=O) groups excluding carboxylic acids is 1. The van der Waals surface area contributed by atoms with Crippen molar-refractivity contribution in [3.63, 3.8) is 0 Å². The molecular formula is C19H22N4O2. The van der Waals surface area contributed by atoms with Crippen LogP contribution in [-0.2, 0) is 11.8 Å². The van der Waals surface area contributed by atoms with Gasteiger partial charge in [-0.15, -0.1) is 0 Å². The Bertz CT molecular complexity index is 899. The lowest BCUT2D eigenvalue weighted by molar-refractivity contribution is 0.0859. The topological polar surface area (TPSA) is 60.6 Å². The van der Waals surface area contributed by atoms with Crippen LogP contribution in [0.4, 0.5) is 0 Å². The molecule has 1 atom stereocenters. The van der Waals surface area contributed by atoms with Crippen molar-refractivity contribution in [2.45, 2.75) is 25.9 Å². The van der Waals surface area contributed by atoms with Gasteiger partial charge in [0.15, 0.2) is 0 Å². The SMILES string of the molecule is Cc1nc(-c2cc(C(=O)NCC3CCCO3)c3ccccn23)cn1C. The van der Waals surface area contributed by atoms with E-state index >= 15 is 0 Å².